The molecule has 0 atom stereocenters. The Hall–Kier alpha value is 0. The van der Waals surface area contributed by atoms with Crippen LogP contribution in [0, 0.1) is 17.3 Å². The minimum Gasteiger partial charge on any atom is -0.0654 e. The lowest BCUT2D eigenvalue weighted by Gasteiger charge is -2.50. The molecule has 0 aromatic carbocycles. The maximum Gasteiger partial charge on any atom is -0.0241 e. The van der Waals surface area contributed by atoms with Crippen LogP contribution in [0.1, 0.15) is 149 Å². The number of hydrogen-bond acceptors (Lipinski definition) is 0. The predicted molar refractivity (Wildman–Crippen MR) is 118 cm³/mol. The zero-order chi connectivity index (χ0) is 18.5. The molecule has 0 N–H and O–H groups in total. The second-order valence-corrected chi connectivity index (χ2v) is 9.88. The Balaban J connectivity index is 1.97. The van der Waals surface area contributed by atoms with Gasteiger partial charge in [0.1, 0.15) is 0 Å². The highest BCUT2D eigenvalue weighted by Crippen LogP contribution is 2.54. The van der Waals surface area contributed by atoms with Crippen LogP contribution in [0.5, 0.6) is 0 Å². The van der Waals surface area contributed by atoms with Gasteiger partial charge < -0.3 is 0 Å². The van der Waals surface area contributed by atoms with E-state index < -0.39 is 0 Å². The molecule has 2 rings (SSSR count). The summed E-state index contributed by atoms with van der Waals surface area (Å²) in [5.74, 6) is 2.15. The van der Waals surface area contributed by atoms with Crippen molar-refractivity contribution in [3.05, 3.63) is 0 Å². The Labute approximate surface area is 166 Å². The lowest BCUT2D eigenvalue weighted by Crippen LogP contribution is -2.40. The largest absolute Gasteiger partial charge is 0.0654 e. The molecular weight excluding hydrogens is 312 g/mol. The van der Waals surface area contributed by atoms with Crippen LogP contribution < -0.4 is 0 Å². The Morgan fingerprint density at radius 3 is 1.42 bits per heavy atom. The summed E-state index contributed by atoms with van der Waals surface area (Å²) >= 11 is 0. The fourth-order valence-corrected chi connectivity index (χ4v) is 6.55. The maximum atomic E-state index is 2.42. The summed E-state index contributed by atoms with van der Waals surface area (Å²) in [7, 11) is 0. The van der Waals surface area contributed by atoms with Gasteiger partial charge in [-0.2, -0.15) is 0 Å². The molecule has 26 heavy (non-hydrogen) atoms. The van der Waals surface area contributed by atoms with Crippen molar-refractivity contribution in [3.8, 4) is 0 Å². The van der Waals surface area contributed by atoms with Gasteiger partial charge in [0.25, 0.3) is 0 Å². The van der Waals surface area contributed by atoms with Gasteiger partial charge in [0.05, 0.1) is 0 Å². The van der Waals surface area contributed by atoms with Crippen molar-refractivity contribution in [2.24, 2.45) is 17.3 Å². The standard InChI is InChI=1S/C26H50/c1-3-5-7-8-9-10-17-23-26(22-6-4-2,24-18-13-11-14-19-24)25-20-15-12-16-21-25/h24-25H,3-23H2,1-2H3. The molecule has 0 unspecified atom stereocenters. The molecule has 0 aromatic rings. The fourth-order valence-electron chi connectivity index (χ4n) is 6.55. The van der Waals surface area contributed by atoms with Crippen molar-refractivity contribution in [2.75, 3.05) is 0 Å². The third kappa shape index (κ3) is 6.87. The summed E-state index contributed by atoms with van der Waals surface area (Å²) in [5.41, 5.74) is 0.736. The average molecular weight is 363 g/mol. The first kappa shape index (κ1) is 22.3. The molecule has 0 bridgehead atoms. The van der Waals surface area contributed by atoms with Gasteiger partial charge in [0, 0.05) is 0 Å². The van der Waals surface area contributed by atoms with Crippen LogP contribution in [0.3, 0.4) is 0 Å². The molecule has 2 aliphatic carbocycles. The van der Waals surface area contributed by atoms with Gasteiger partial charge in [-0.1, -0.05) is 110 Å². The highest BCUT2D eigenvalue weighted by atomic mass is 14.5. The van der Waals surface area contributed by atoms with Crippen LogP contribution in [-0.2, 0) is 0 Å². The summed E-state index contributed by atoms with van der Waals surface area (Å²) < 4.78 is 0. The number of hydrogen-bond donors (Lipinski definition) is 0. The maximum absolute atomic E-state index is 2.42. The monoisotopic (exact) mass is 362 g/mol. The van der Waals surface area contributed by atoms with Gasteiger partial charge in [-0.05, 0) is 55.8 Å². The molecule has 2 fully saturated rings. The zero-order valence-corrected chi connectivity index (χ0v) is 18.5. The van der Waals surface area contributed by atoms with Gasteiger partial charge in [-0.15, -0.1) is 0 Å². The van der Waals surface area contributed by atoms with Crippen molar-refractivity contribution in [3.63, 3.8) is 0 Å². The highest BCUT2D eigenvalue weighted by molar-refractivity contribution is 4.94. The molecule has 2 saturated carbocycles. The van der Waals surface area contributed by atoms with Crippen molar-refractivity contribution in [1.82, 2.24) is 0 Å². The van der Waals surface area contributed by atoms with Crippen LogP contribution >= 0.6 is 0 Å². The van der Waals surface area contributed by atoms with E-state index in [0.717, 1.165) is 17.3 Å². The minimum absolute atomic E-state index is 0.736. The van der Waals surface area contributed by atoms with Crippen molar-refractivity contribution in [2.45, 2.75) is 149 Å². The Kier molecular flexibility index (Phi) is 11.3. The van der Waals surface area contributed by atoms with Crippen LogP contribution in [0.15, 0.2) is 0 Å². The second kappa shape index (κ2) is 13.2. The molecule has 0 radical (unpaired) electrons. The number of unbranched alkanes of at least 4 members (excludes halogenated alkanes) is 7. The van der Waals surface area contributed by atoms with Crippen LogP contribution in [-0.4, -0.2) is 0 Å². The third-order valence-corrected chi connectivity index (χ3v) is 8.08. The molecule has 0 nitrogen and oxygen atoms in total. The van der Waals surface area contributed by atoms with E-state index in [-0.39, 0.29) is 0 Å². The first-order valence-electron chi connectivity index (χ1n) is 12.8. The van der Waals surface area contributed by atoms with Gasteiger partial charge in [-0.25, -0.2) is 0 Å². The van der Waals surface area contributed by atoms with E-state index in [9.17, 15) is 0 Å². The molecule has 154 valence electrons. The van der Waals surface area contributed by atoms with Gasteiger partial charge in [0.2, 0.25) is 0 Å². The molecular formula is C26H50. The molecule has 0 heterocycles. The molecule has 0 aliphatic heterocycles. The summed E-state index contributed by atoms with van der Waals surface area (Å²) in [4.78, 5) is 0. The zero-order valence-electron chi connectivity index (χ0n) is 18.5. The second-order valence-electron chi connectivity index (χ2n) is 9.88. The van der Waals surface area contributed by atoms with Crippen molar-refractivity contribution < 1.29 is 0 Å². The molecule has 0 amide bonds. The van der Waals surface area contributed by atoms with E-state index in [1.165, 1.54) is 96.3 Å². The van der Waals surface area contributed by atoms with Gasteiger partial charge >= 0.3 is 0 Å². The summed E-state index contributed by atoms with van der Waals surface area (Å²) in [6.07, 6.45) is 31.8. The van der Waals surface area contributed by atoms with Crippen LogP contribution in [0.2, 0.25) is 0 Å². The highest BCUT2D eigenvalue weighted by Gasteiger charge is 2.44. The molecule has 0 heteroatoms. The smallest absolute Gasteiger partial charge is 0.0241 e. The third-order valence-electron chi connectivity index (χ3n) is 8.08. The fraction of sp³-hybridized carbons (Fsp3) is 1.00. The van der Waals surface area contributed by atoms with Crippen LogP contribution in [0.4, 0.5) is 0 Å². The molecule has 0 aromatic heterocycles. The molecule has 0 saturated heterocycles. The SMILES string of the molecule is CCCCCCCCCC(CCCC)(C1CCCCC1)C1CCCCC1. The quantitative estimate of drug-likeness (QED) is 0.286. The van der Waals surface area contributed by atoms with Gasteiger partial charge in [0.15, 0.2) is 0 Å². The van der Waals surface area contributed by atoms with Crippen molar-refractivity contribution >= 4 is 0 Å². The number of rotatable bonds is 13. The minimum atomic E-state index is 0.736. The Morgan fingerprint density at radius 2 is 0.923 bits per heavy atom. The Morgan fingerprint density at radius 1 is 0.500 bits per heavy atom. The lowest BCUT2D eigenvalue weighted by atomic mass is 9.55. The van der Waals surface area contributed by atoms with E-state index in [0.29, 0.717) is 0 Å². The topological polar surface area (TPSA) is 0 Å². The van der Waals surface area contributed by atoms with E-state index in [2.05, 4.69) is 13.8 Å². The van der Waals surface area contributed by atoms with E-state index >= 15 is 0 Å². The average Bonchev–Trinajstić information content (AvgIpc) is 2.71. The van der Waals surface area contributed by atoms with Crippen molar-refractivity contribution in [1.29, 1.82) is 0 Å². The molecule has 0 spiro atoms. The Bertz CT molecular complexity index is 301. The van der Waals surface area contributed by atoms with Gasteiger partial charge in [-0.3, -0.25) is 0 Å². The summed E-state index contributed by atoms with van der Waals surface area (Å²) in [6, 6.07) is 0. The summed E-state index contributed by atoms with van der Waals surface area (Å²) in [6.45, 7) is 4.75. The van der Waals surface area contributed by atoms with Crippen LogP contribution in [0.25, 0.3) is 0 Å². The van der Waals surface area contributed by atoms with E-state index in [4.69, 9.17) is 0 Å². The molecule has 2 aliphatic rings. The first-order valence-corrected chi connectivity index (χ1v) is 12.8. The lowest BCUT2D eigenvalue weighted by molar-refractivity contribution is 0.000553. The first-order chi connectivity index (χ1) is 12.8. The van der Waals surface area contributed by atoms with E-state index in [1.54, 1.807) is 38.5 Å². The predicted octanol–water partition coefficient (Wildman–Crippen LogP) is 9.46. The van der Waals surface area contributed by atoms with E-state index in [1.807, 2.05) is 0 Å². The normalized spacial score (nSPS) is 20.5. The summed E-state index contributed by atoms with van der Waals surface area (Å²) in [5, 5.41) is 0.